The van der Waals surface area contributed by atoms with Gasteiger partial charge in [-0.05, 0) is 73.0 Å². The Labute approximate surface area is 120 Å². The minimum Gasteiger partial charge on any atom is -0.0882 e. The Kier molecular flexibility index (Phi) is 3.35. The van der Waals surface area contributed by atoms with Gasteiger partial charge in [0.15, 0.2) is 0 Å². The van der Waals surface area contributed by atoms with E-state index in [1.54, 1.807) is 0 Å². The number of hydrogen-bond donors (Lipinski definition) is 0. The molecule has 0 aliphatic heterocycles. The van der Waals surface area contributed by atoms with Crippen LogP contribution in [0.3, 0.4) is 0 Å². The molecule has 2 fully saturated rings. The molecule has 0 heterocycles. The van der Waals surface area contributed by atoms with Crippen LogP contribution in [0.1, 0.15) is 72.6 Å². The maximum absolute atomic E-state index is 2.62. The average molecular weight is 260 g/mol. The van der Waals surface area contributed by atoms with E-state index in [1.165, 1.54) is 44.9 Å². The lowest BCUT2D eigenvalue weighted by molar-refractivity contribution is -0.0929. The van der Waals surface area contributed by atoms with Gasteiger partial charge < -0.3 is 0 Å². The molecule has 108 valence electrons. The SMILES string of the molecule is CCC1(C)CCC2C(CCC3CC=CCC32C)C1C. The highest BCUT2D eigenvalue weighted by Crippen LogP contribution is 2.62. The molecule has 3 aliphatic carbocycles. The van der Waals surface area contributed by atoms with E-state index >= 15 is 0 Å². The summed E-state index contributed by atoms with van der Waals surface area (Å²) in [5.41, 5.74) is 1.25. The van der Waals surface area contributed by atoms with Gasteiger partial charge in [-0.15, -0.1) is 0 Å². The fraction of sp³-hybridized carbons (Fsp3) is 0.895. The summed E-state index contributed by atoms with van der Waals surface area (Å²) in [6.45, 7) is 10.2. The number of rotatable bonds is 1. The Morgan fingerprint density at radius 2 is 1.89 bits per heavy atom. The van der Waals surface area contributed by atoms with Crippen molar-refractivity contribution in [1.29, 1.82) is 0 Å². The Morgan fingerprint density at radius 3 is 2.63 bits per heavy atom. The monoisotopic (exact) mass is 260 g/mol. The first-order valence-electron chi connectivity index (χ1n) is 8.66. The predicted octanol–water partition coefficient (Wildman–Crippen LogP) is 5.83. The van der Waals surface area contributed by atoms with E-state index < -0.39 is 0 Å². The molecule has 0 radical (unpaired) electrons. The zero-order valence-electron chi connectivity index (χ0n) is 13.4. The van der Waals surface area contributed by atoms with E-state index in [0.29, 0.717) is 10.8 Å². The minimum atomic E-state index is 0.620. The molecule has 2 saturated carbocycles. The highest BCUT2D eigenvalue weighted by Gasteiger charge is 2.53. The molecule has 0 aromatic carbocycles. The molecule has 0 nitrogen and oxygen atoms in total. The van der Waals surface area contributed by atoms with Crippen LogP contribution in [0.2, 0.25) is 0 Å². The van der Waals surface area contributed by atoms with Gasteiger partial charge in [0.2, 0.25) is 0 Å². The molecule has 0 N–H and O–H groups in total. The summed E-state index contributed by atoms with van der Waals surface area (Å²) < 4.78 is 0. The van der Waals surface area contributed by atoms with Crippen LogP contribution in [0.5, 0.6) is 0 Å². The van der Waals surface area contributed by atoms with Crippen molar-refractivity contribution in [1.82, 2.24) is 0 Å². The third kappa shape index (κ3) is 1.93. The molecule has 0 amide bonds. The van der Waals surface area contributed by atoms with Crippen LogP contribution >= 0.6 is 0 Å². The van der Waals surface area contributed by atoms with Crippen LogP contribution < -0.4 is 0 Å². The summed E-state index contributed by atoms with van der Waals surface area (Å²) in [5, 5.41) is 0. The van der Waals surface area contributed by atoms with Gasteiger partial charge in [0.1, 0.15) is 0 Å². The fourth-order valence-corrected chi connectivity index (χ4v) is 5.89. The first-order valence-corrected chi connectivity index (χ1v) is 8.66. The van der Waals surface area contributed by atoms with Crippen LogP contribution in [0.4, 0.5) is 0 Å². The predicted molar refractivity (Wildman–Crippen MR) is 83.0 cm³/mol. The molecule has 0 bridgehead atoms. The molecule has 0 heteroatoms. The molecule has 0 saturated heterocycles. The normalized spacial score (nSPS) is 53.5. The van der Waals surface area contributed by atoms with Crippen LogP contribution in [-0.4, -0.2) is 0 Å². The van der Waals surface area contributed by atoms with Crippen molar-refractivity contribution in [2.45, 2.75) is 72.6 Å². The van der Waals surface area contributed by atoms with Crippen molar-refractivity contribution in [2.24, 2.45) is 34.5 Å². The molecule has 0 spiro atoms. The lowest BCUT2D eigenvalue weighted by Crippen LogP contribution is -2.51. The maximum atomic E-state index is 2.62. The zero-order chi connectivity index (χ0) is 13.7. The summed E-state index contributed by atoms with van der Waals surface area (Å²) in [6.07, 6.45) is 15.0. The van der Waals surface area contributed by atoms with Crippen molar-refractivity contribution in [3.05, 3.63) is 12.2 Å². The van der Waals surface area contributed by atoms with E-state index in [2.05, 4.69) is 39.8 Å². The quantitative estimate of drug-likeness (QED) is 0.520. The van der Waals surface area contributed by atoms with E-state index in [0.717, 1.165) is 23.7 Å². The van der Waals surface area contributed by atoms with Crippen LogP contribution in [0.15, 0.2) is 12.2 Å². The van der Waals surface area contributed by atoms with Gasteiger partial charge in [-0.2, -0.15) is 0 Å². The van der Waals surface area contributed by atoms with Gasteiger partial charge in [0, 0.05) is 0 Å². The van der Waals surface area contributed by atoms with E-state index in [9.17, 15) is 0 Å². The maximum Gasteiger partial charge on any atom is -0.0229 e. The van der Waals surface area contributed by atoms with Crippen LogP contribution in [0.25, 0.3) is 0 Å². The minimum absolute atomic E-state index is 0.620. The van der Waals surface area contributed by atoms with Crippen molar-refractivity contribution in [3.8, 4) is 0 Å². The van der Waals surface area contributed by atoms with E-state index in [1.807, 2.05) is 0 Å². The number of allylic oxidation sites excluding steroid dienone is 2. The standard InChI is InChI=1S/C19H32/c1-5-18(3)13-11-17-16(14(18)2)10-9-15-8-6-7-12-19(15,17)4/h6-7,14-17H,5,8-13H2,1-4H3. The fourth-order valence-electron chi connectivity index (χ4n) is 5.89. The van der Waals surface area contributed by atoms with Gasteiger partial charge in [-0.1, -0.05) is 46.3 Å². The average Bonchev–Trinajstić information content (AvgIpc) is 2.42. The molecule has 0 aromatic heterocycles. The summed E-state index contributed by atoms with van der Waals surface area (Å²) >= 11 is 0. The van der Waals surface area contributed by atoms with Gasteiger partial charge in [-0.3, -0.25) is 0 Å². The van der Waals surface area contributed by atoms with E-state index in [-0.39, 0.29) is 0 Å². The molecule has 6 atom stereocenters. The third-order valence-corrected chi connectivity index (χ3v) is 7.87. The van der Waals surface area contributed by atoms with Gasteiger partial charge in [0.25, 0.3) is 0 Å². The van der Waals surface area contributed by atoms with E-state index in [4.69, 9.17) is 0 Å². The Morgan fingerprint density at radius 1 is 1.11 bits per heavy atom. The second-order valence-electron chi connectivity index (χ2n) is 8.30. The summed E-state index contributed by atoms with van der Waals surface area (Å²) in [5.74, 6) is 3.93. The highest BCUT2D eigenvalue weighted by atomic mass is 14.6. The summed E-state index contributed by atoms with van der Waals surface area (Å²) in [4.78, 5) is 0. The molecule has 3 aliphatic rings. The largest absolute Gasteiger partial charge is 0.0882 e. The molecular formula is C19H32. The van der Waals surface area contributed by atoms with Gasteiger partial charge >= 0.3 is 0 Å². The molecule has 6 unspecified atom stereocenters. The first kappa shape index (κ1) is 13.7. The molecule has 0 aromatic rings. The highest BCUT2D eigenvalue weighted by molar-refractivity contribution is 5.09. The molecule has 3 rings (SSSR count). The van der Waals surface area contributed by atoms with Crippen LogP contribution in [-0.2, 0) is 0 Å². The topological polar surface area (TPSA) is 0 Å². The van der Waals surface area contributed by atoms with Gasteiger partial charge in [-0.25, -0.2) is 0 Å². The second-order valence-corrected chi connectivity index (χ2v) is 8.30. The van der Waals surface area contributed by atoms with Crippen LogP contribution in [0, 0.1) is 34.5 Å². The molecular weight excluding hydrogens is 228 g/mol. The lowest BCUT2D eigenvalue weighted by Gasteiger charge is -2.59. The zero-order valence-corrected chi connectivity index (χ0v) is 13.4. The summed E-state index contributed by atoms with van der Waals surface area (Å²) in [7, 11) is 0. The summed E-state index contributed by atoms with van der Waals surface area (Å²) in [6, 6.07) is 0. The number of hydrogen-bond acceptors (Lipinski definition) is 0. The Bertz CT molecular complexity index is 368. The lowest BCUT2D eigenvalue weighted by atomic mass is 9.45. The smallest absolute Gasteiger partial charge is 0.0229 e. The Hall–Kier alpha value is -0.260. The second kappa shape index (κ2) is 4.64. The molecule has 19 heavy (non-hydrogen) atoms. The van der Waals surface area contributed by atoms with Crippen molar-refractivity contribution >= 4 is 0 Å². The van der Waals surface area contributed by atoms with Crippen molar-refractivity contribution in [3.63, 3.8) is 0 Å². The number of fused-ring (bicyclic) bond motifs is 3. The third-order valence-electron chi connectivity index (χ3n) is 7.87. The first-order chi connectivity index (χ1) is 9.01. The van der Waals surface area contributed by atoms with Gasteiger partial charge in [0.05, 0.1) is 0 Å². The Balaban J connectivity index is 1.88. The van der Waals surface area contributed by atoms with Crippen molar-refractivity contribution in [2.75, 3.05) is 0 Å². The van der Waals surface area contributed by atoms with Crippen molar-refractivity contribution < 1.29 is 0 Å².